The molecule has 170 valence electrons. The number of benzene rings is 3. The summed E-state index contributed by atoms with van der Waals surface area (Å²) in [5.41, 5.74) is 5.71. The first kappa shape index (κ1) is 24.2. The van der Waals surface area contributed by atoms with E-state index in [4.69, 9.17) is 9.47 Å². The summed E-state index contributed by atoms with van der Waals surface area (Å²) in [6.07, 6.45) is 9.25. The molecule has 0 unspecified atom stereocenters. The molecule has 0 amide bonds. The van der Waals surface area contributed by atoms with Gasteiger partial charge in [0.15, 0.2) is 0 Å². The Kier molecular flexibility index (Phi) is 8.14. The molecule has 3 rings (SSSR count). The molecule has 0 aliphatic carbocycles. The molecule has 0 fully saturated rings. The average molecular weight is 451 g/mol. The van der Waals surface area contributed by atoms with E-state index in [9.17, 15) is 9.59 Å². The van der Waals surface area contributed by atoms with Gasteiger partial charge in [0.25, 0.3) is 0 Å². The fraction of sp³-hybridized carbons (Fsp3) is 0.0667. The standard InChI is InChI=1S/C30H26O4/c1-5-29(31)33-27-16-10-24(11-17-27)8-14-26-15-9-25(20-22(26)4)7-6-23-12-18-28(19-13-23)34-30(32)21(2)3/h5-20H,1-2H2,3-4H3/b7-6+,14-8+. The average Bonchev–Trinajstić information content (AvgIpc) is 2.83. The summed E-state index contributed by atoms with van der Waals surface area (Å²) in [5, 5.41) is 0. The molecule has 0 aromatic heterocycles. The monoisotopic (exact) mass is 450 g/mol. The van der Waals surface area contributed by atoms with Crippen LogP contribution in [0.2, 0.25) is 0 Å². The minimum Gasteiger partial charge on any atom is -0.423 e. The Hall–Kier alpha value is -4.44. The van der Waals surface area contributed by atoms with E-state index in [2.05, 4.69) is 44.4 Å². The summed E-state index contributed by atoms with van der Waals surface area (Å²) in [7, 11) is 0. The predicted octanol–water partition coefficient (Wildman–Crippen LogP) is 6.91. The van der Waals surface area contributed by atoms with Crippen LogP contribution in [0.3, 0.4) is 0 Å². The lowest BCUT2D eigenvalue weighted by Crippen LogP contribution is -2.07. The van der Waals surface area contributed by atoms with Crippen molar-refractivity contribution in [2.24, 2.45) is 0 Å². The topological polar surface area (TPSA) is 52.6 Å². The minimum atomic E-state index is -0.478. The fourth-order valence-corrected chi connectivity index (χ4v) is 3.01. The summed E-state index contributed by atoms with van der Waals surface area (Å²) in [6.45, 7) is 10.7. The third-order valence-electron chi connectivity index (χ3n) is 4.92. The molecular formula is C30H26O4. The van der Waals surface area contributed by atoms with Gasteiger partial charge in [-0.25, -0.2) is 9.59 Å². The SMILES string of the molecule is C=CC(=O)Oc1ccc(/C=C/c2ccc(/C=C/c3ccc(OC(=O)C(=C)C)cc3)cc2C)cc1. The van der Waals surface area contributed by atoms with Crippen molar-refractivity contribution >= 4 is 36.2 Å². The molecule has 0 atom stereocenters. The fourth-order valence-electron chi connectivity index (χ4n) is 3.01. The summed E-state index contributed by atoms with van der Waals surface area (Å²) in [4.78, 5) is 22.9. The maximum Gasteiger partial charge on any atom is 0.338 e. The van der Waals surface area contributed by atoms with Gasteiger partial charge in [0.1, 0.15) is 11.5 Å². The Bertz CT molecular complexity index is 1260. The molecule has 34 heavy (non-hydrogen) atoms. The van der Waals surface area contributed by atoms with Crippen LogP contribution in [0.5, 0.6) is 11.5 Å². The minimum absolute atomic E-state index is 0.363. The van der Waals surface area contributed by atoms with E-state index in [1.807, 2.05) is 42.5 Å². The Morgan fingerprint density at radius 3 is 1.76 bits per heavy atom. The molecule has 4 nitrogen and oxygen atoms in total. The molecule has 3 aromatic carbocycles. The first-order valence-corrected chi connectivity index (χ1v) is 10.7. The number of esters is 2. The van der Waals surface area contributed by atoms with Crippen molar-refractivity contribution in [1.29, 1.82) is 0 Å². The van der Waals surface area contributed by atoms with E-state index in [0.29, 0.717) is 17.1 Å². The zero-order chi connectivity index (χ0) is 24.5. The second kappa shape index (κ2) is 11.4. The molecule has 0 spiro atoms. The lowest BCUT2D eigenvalue weighted by atomic mass is 10.0. The van der Waals surface area contributed by atoms with E-state index in [1.54, 1.807) is 31.2 Å². The van der Waals surface area contributed by atoms with Crippen molar-refractivity contribution in [1.82, 2.24) is 0 Å². The highest BCUT2D eigenvalue weighted by Crippen LogP contribution is 2.19. The molecule has 0 bridgehead atoms. The molecule has 0 aliphatic rings. The van der Waals surface area contributed by atoms with Crippen LogP contribution in [0.25, 0.3) is 24.3 Å². The summed E-state index contributed by atoms with van der Waals surface area (Å²) < 4.78 is 10.3. The predicted molar refractivity (Wildman–Crippen MR) is 138 cm³/mol. The van der Waals surface area contributed by atoms with Gasteiger partial charge in [0.05, 0.1) is 0 Å². The van der Waals surface area contributed by atoms with Crippen LogP contribution >= 0.6 is 0 Å². The highest BCUT2D eigenvalue weighted by atomic mass is 16.5. The van der Waals surface area contributed by atoms with Gasteiger partial charge in [0, 0.05) is 11.6 Å². The van der Waals surface area contributed by atoms with E-state index in [-0.39, 0.29) is 0 Å². The van der Waals surface area contributed by atoms with Crippen molar-refractivity contribution in [3.63, 3.8) is 0 Å². The van der Waals surface area contributed by atoms with E-state index in [1.165, 1.54) is 0 Å². The molecule has 0 aliphatic heterocycles. The Morgan fingerprint density at radius 1 is 0.735 bits per heavy atom. The van der Waals surface area contributed by atoms with Crippen molar-refractivity contribution in [2.75, 3.05) is 0 Å². The van der Waals surface area contributed by atoms with Crippen LogP contribution in [0.15, 0.2) is 91.5 Å². The first-order chi connectivity index (χ1) is 16.3. The quantitative estimate of drug-likeness (QED) is 0.162. The molecular weight excluding hydrogens is 424 g/mol. The molecule has 0 N–H and O–H groups in total. The number of rotatable bonds is 8. The number of ether oxygens (including phenoxy) is 2. The molecule has 0 saturated carbocycles. The van der Waals surface area contributed by atoms with Crippen LogP contribution < -0.4 is 9.47 Å². The third kappa shape index (κ3) is 7.04. The third-order valence-corrected chi connectivity index (χ3v) is 4.92. The van der Waals surface area contributed by atoms with Crippen LogP contribution in [0, 0.1) is 6.92 Å². The van der Waals surface area contributed by atoms with Gasteiger partial charge in [-0.1, -0.05) is 79.9 Å². The van der Waals surface area contributed by atoms with E-state index in [0.717, 1.165) is 33.9 Å². The Labute approximate surface area is 200 Å². The van der Waals surface area contributed by atoms with Gasteiger partial charge >= 0.3 is 11.9 Å². The molecule has 0 heterocycles. The van der Waals surface area contributed by atoms with Crippen LogP contribution in [-0.4, -0.2) is 11.9 Å². The normalized spacial score (nSPS) is 10.9. The van der Waals surface area contributed by atoms with Crippen LogP contribution in [-0.2, 0) is 9.59 Å². The highest BCUT2D eigenvalue weighted by Gasteiger charge is 2.04. The lowest BCUT2D eigenvalue weighted by molar-refractivity contribution is -0.130. The maximum absolute atomic E-state index is 11.6. The van der Waals surface area contributed by atoms with Crippen LogP contribution in [0.1, 0.15) is 34.7 Å². The zero-order valence-corrected chi connectivity index (χ0v) is 19.3. The van der Waals surface area contributed by atoms with Gasteiger partial charge in [-0.3, -0.25) is 0 Å². The van der Waals surface area contributed by atoms with Crippen molar-refractivity contribution in [3.05, 3.63) is 119 Å². The van der Waals surface area contributed by atoms with Gasteiger partial charge in [0.2, 0.25) is 0 Å². The number of hydrogen-bond donors (Lipinski definition) is 0. The molecule has 0 radical (unpaired) electrons. The second-order valence-corrected chi connectivity index (χ2v) is 7.72. The first-order valence-electron chi connectivity index (χ1n) is 10.7. The van der Waals surface area contributed by atoms with Gasteiger partial charge < -0.3 is 9.47 Å². The lowest BCUT2D eigenvalue weighted by Gasteiger charge is -2.04. The Balaban J connectivity index is 1.63. The van der Waals surface area contributed by atoms with Crippen molar-refractivity contribution in [2.45, 2.75) is 13.8 Å². The zero-order valence-electron chi connectivity index (χ0n) is 19.3. The van der Waals surface area contributed by atoms with Gasteiger partial charge in [-0.2, -0.15) is 0 Å². The smallest absolute Gasteiger partial charge is 0.338 e. The highest BCUT2D eigenvalue weighted by molar-refractivity contribution is 5.88. The van der Waals surface area contributed by atoms with Crippen molar-refractivity contribution in [3.8, 4) is 11.5 Å². The Morgan fingerprint density at radius 2 is 1.24 bits per heavy atom. The maximum atomic E-state index is 11.6. The van der Waals surface area contributed by atoms with Crippen LogP contribution in [0.4, 0.5) is 0 Å². The molecule has 0 saturated heterocycles. The number of aryl methyl sites for hydroxylation is 1. The number of carbonyl (C=O) groups excluding carboxylic acids is 2. The van der Waals surface area contributed by atoms with Gasteiger partial charge in [-0.15, -0.1) is 0 Å². The summed E-state index contributed by atoms with van der Waals surface area (Å²) >= 11 is 0. The number of carbonyl (C=O) groups is 2. The van der Waals surface area contributed by atoms with E-state index < -0.39 is 11.9 Å². The molecule has 4 heteroatoms. The summed E-state index contributed by atoms with van der Waals surface area (Å²) in [6, 6.07) is 20.8. The largest absolute Gasteiger partial charge is 0.423 e. The molecule has 3 aromatic rings. The van der Waals surface area contributed by atoms with Crippen molar-refractivity contribution < 1.29 is 19.1 Å². The van der Waals surface area contributed by atoms with E-state index >= 15 is 0 Å². The summed E-state index contributed by atoms with van der Waals surface area (Å²) in [5.74, 6) is 0.0644. The van der Waals surface area contributed by atoms with Gasteiger partial charge in [-0.05, 0) is 65.9 Å². The number of hydrogen-bond acceptors (Lipinski definition) is 4. The second-order valence-electron chi connectivity index (χ2n) is 7.72.